The smallest absolute Gasteiger partial charge is 0.164 e. The third-order valence-corrected chi connectivity index (χ3v) is 4.34. The summed E-state index contributed by atoms with van der Waals surface area (Å²) in [6.45, 7) is 0. The van der Waals surface area contributed by atoms with Crippen molar-refractivity contribution in [2.24, 2.45) is 0 Å². The predicted octanol–water partition coefficient (Wildman–Crippen LogP) is 5.60. The molecule has 1 atom stereocenters. The van der Waals surface area contributed by atoms with Gasteiger partial charge in [-0.15, -0.1) is 0 Å². The maximum atomic E-state index is 9.95. The molecule has 1 unspecified atom stereocenters. The lowest BCUT2D eigenvalue weighted by molar-refractivity contribution is 0.473. The molecule has 0 fully saturated rings. The molecular formula is C17H14Cl2NO3P. The van der Waals surface area contributed by atoms with Gasteiger partial charge in [0.1, 0.15) is 11.5 Å². The quantitative estimate of drug-likeness (QED) is 0.503. The summed E-state index contributed by atoms with van der Waals surface area (Å²) in [4.78, 5) is 8.89. The van der Waals surface area contributed by atoms with Crippen molar-refractivity contribution in [3.05, 3.63) is 58.6 Å². The molecule has 0 saturated heterocycles. The molecule has 0 amide bonds. The van der Waals surface area contributed by atoms with Gasteiger partial charge in [0, 0.05) is 25.3 Å². The summed E-state index contributed by atoms with van der Waals surface area (Å²) in [6, 6.07) is 14.0. The van der Waals surface area contributed by atoms with Crippen LogP contribution in [0.1, 0.15) is 0 Å². The lowest BCUT2D eigenvalue weighted by Crippen LogP contribution is -1.96. The Morgan fingerprint density at radius 3 is 2.33 bits per heavy atom. The van der Waals surface area contributed by atoms with Crippen LogP contribution >= 0.6 is 32.0 Å². The second-order valence-electron chi connectivity index (χ2n) is 5.01. The zero-order valence-corrected chi connectivity index (χ0v) is 14.9. The number of phenols is 1. The lowest BCUT2D eigenvalue weighted by atomic mass is 10.1. The molecule has 124 valence electrons. The molecule has 3 N–H and O–H groups in total. The topological polar surface area (TPSA) is 61.7 Å². The van der Waals surface area contributed by atoms with Crippen LogP contribution in [0.5, 0.6) is 17.2 Å². The summed E-state index contributed by atoms with van der Waals surface area (Å²) in [6.07, 6.45) is 0.426. The van der Waals surface area contributed by atoms with E-state index in [9.17, 15) is 5.11 Å². The standard InChI is InChI=1S/C17H14Cl2NO3P/c18-13-7-10(20-9-24-22)8-14(19)17(13)23-16-6-5-15(21)11-3-1-2-4-12(11)16/h1-8,20-22,24H,9H2. The van der Waals surface area contributed by atoms with Gasteiger partial charge in [-0.25, -0.2) is 0 Å². The highest BCUT2D eigenvalue weighted by Gasteiger charge is 2.13. The van der Waals surface area contributed by atoms with Gasteiger partial charge in [-0.3, -0.25) is 0 Å². The number of nitrogens with one attached hydrogen (secondary N) is 1. The second-order valence-corrected chi connectivity index (χ2v) is 6.50. The van der Waals surface area contributed by atoms with Gasteiger partial charge in [0.15, 0.2) is 5.75 Å². The van der Waals surface area contributed by atoms with E-state index in [2.05, 4.69) is 5.32 Å². The largest absolute Gasteiger partial charge is 0.507 e. The van der Waals surface area contributed by atoms with Crippen LogP contribution < -0.4 is 10.1 Å². The maximum Gasteiger partial charge on any atom is 0.164 e. The van der Waals surface area contributed by atoms with Gasteiger partial charge in [0.2, 0.25) is 0 Å². The molecule has 0 saturated carbocycles. The Balaban J connectivity index is 1.99. The molecule has 7 heteroatoms. The minimum Gasteiger partial charge on any atom is -0.507 e. The minimum atomic E-state index is -0.213. The van der Waals surface area contributed by atoms with Gasteiger partial charge in [0.25, 0.3) is 0 Å². The number of phenolic OH excluding ortho intramolecular Hbond substituents is 1. The van der Waals surface area contributed by atoms with Gasteiger partial charge in [0.05, 0.1) is 16.3 Å². The van der Waals surface area contributed by atoms with Crippen LogP contribution in [0, 0.1) is 0 Å². The fourth-order valence-corrected chi connectivity index (χ4v) is 3.20. The summed E-state index contributed by atoms with van der Waals surface area (Å²) >= 11 is 12.6. The van der Waals surface area contributed by atoms with E-state index in [0.717, 1.165) is 5.39 Å². The Hall–Kier alpha value is -1.71. The first kappa shape index (κ1) is 17.1. The first-order valence-corrected chi connectivity index (χ1v) is 8.99. The van der Waals surface area contributed by atoms with Crippen molar-refractivity contribution in [1.82, 2.24) is 0 Å². The summed E-state index contributed by atoms with van der Waals surface area (Å²) < 4.78 is 5.92. The van der Waals surface area contributed by atoms with Gasteiger partial charge >= 0.3 is 0 Å². The van der Waals surface area contributed by atoms with E-state index in [1.807, 2.05) is 24.3 Å². The fourth-order valence-electron chi connectivity index (χ4n) is 2.36. The summed E-state index contributed by atoms with van der Waals surface area (Å²) in [5.74, 6) is 1.07. The highest BCUT2D eigenvalue weighted by molar-refractivity contribution is 7.31. The highest BCUT2D eigenvalue weighted by Crippen LogP contribution is 2.42. The number of halogens is 2. The molecule has 3 rings (SSSR count). The maximum absolute atomic E-state index is 9.95. The van der Waals surface area contributed by atoms with E-state index in [0.29, 0.717) is 38.9 Å². The number of anilines is 1. The third-order valence-electron chi connectivity index (χ3n) is 3.44. The molecule has 0 spiro atoms. The average Bonchev–Trinajstić information content (AvgIpc) is 2.58. The Morgan fingerprint density at radius 2 is 1.67 bits per heavy atom. The van der Waals surface area contributed by atoms with Crippen LogP contribution in [-0.2, 0) is 0 Å². The number of hydrogen-bond acceptors (Lipinski definition) is 4. The van der Waals surface area contributed by atoms with Crippen molar-refractivity contribution in [3.8, 4) is 17.2 Å². The number of benzene rings is 3. The van der Waals surface area contributed by atoms with E-state index in [1.54, 1.807) is 24.3 Å². The average molecular weight is 382 g/mol. The van der Waals surface area contributed by atoms with Crippen molar-refractivity contribution in [3.63, 3.8) is 0 Å². The Morgan fingerprint density at radius 1 is 1.00 bits per heavy atom. The van der Waals surface area contributed by atoms with Gasteiger partial charge in [-0.1, -0.05) is 47.5 Å². The summed E-state index contributed by atoms with van der Waals surface area (Å²) in [7, 11) is -0.213. The summed E-state index contributed by atoms with van der Waals surface area (Å²) in [5, 5.41) is 15.1. The van der Waals surface area contributed by atoms with Gasteiger partial charge in [-0.05, 0) is 24.3 Å². The Bertz CT molecular complexity index is 866. The monoisotopic (exact) mass is 381 g/mol. The normalized spacial score (nSPS) is 11.3. The molecular weight excluding hydrogens is 368 g/mol. The van der Waals surface area contributed by atoms with Crippen molar-refractivity contribution in [2.45, 2.75) is 0 Å². The van der Waals surface area contributed by atoms with E-state index < -0.39 is 0 Å². The zero-order chi connectivity index (χ0) is 17.1. The minimum absolute atomic E-state index is 0.180. The fraction of sp³-hybridized carbons (Fsp3) is 0.0588. The van der Waals surface area contributed by atoms with Crippen molar-refractivity contribution < 1.29 is 14.7 Å². The van der Waals surface area contributed by atoms with E-state index in [4.69, 9.17) is 32.8 Å². The van der Waals surface area contributed by atoms with E-state index >= 15 is 0 Å². The number of aromatic hydroxyl groups is 1. The first-order chi connectivity index (χ1) is 11.6. The molecule has 0 radical (unpaired) electrons. The van der Waals surface area contributed by atoms with Crippen LogP contribution in [0.15, 0.2) is 48.5 Å². The summed E-state index contributed by atoms with van der Waals surface area (Å²) in [5.41, 5.74) is 0.703. The van der Waals surface area contributed by atoms with Gasteiger partial charge < -0.3 is 20.1 Å². The molecule has 0 aromatic heterocycles. The molecule has 0 bridgehead atoms. The van der Waals surface area contributed by atoms with Crippen molar-refractivity contribution >= 4 is 48.5 Å². The SMILES string of the molecule is OPCNc1cc(Cl)c(Oc2ccc(O)c3ccccc23)c(Cl)c1. The second kappa shape index (κ2) is 7.45. The third kappa shape index (κ3) is 3.52. The van der Waals surface area contributed by atoms with Crippen LogP contribution in [-0.4, -0.2) is 16.3 Å². The first-order valence-electron chi connectivity index (χ1n) is 7.08. The number of fused-ring (bicyclic) bond motifs is 1. The molecule has 24 heavy (non-hydrogen) atoms. The molecule has 3 aromatic rings. The number of ether oxygens (including phenoxy) is 1. The molecule has 0 heterocycles. The van der Waals surface area contributed by atoms with Crippen LogP contribution in [0.25, 0.3) is 10.8 Å². The highest BCUT2D eigenvalue weighted by atomic mass is 35.5. The van der Waals surface area contributed by atoms with E-state index in [1.165, 1.54) is 0 Å². The number of hydrogen-bond donors (Lipinski definition) is 3. The van der Waals surface area contributed by atoms with Gasteiger partial charge in [-0.2, -0.15) is 0 Å². The number of rotatable bonds is 5. The zero-order valence-electron chi connectivity index (χ0n) is 12.4. The lowest BCUT2D eigenvalue weighted by Gasteiger charge is -2.14. The Labute approximate surface area is 150 Å². The van der Waals surface area contributed by atoms with Crippen molar-refractivity contribution in [2.75, 3.05) is 11.6 Å². The molecule has 0 aliphatic heterocycles. The van der Waals surface area contributed by atoms with Crippen LogP contribution in [0.4, 0.5) is 5.69 Å². The molecule has 0 aliphatic carbocycles. The Kier molecular flexibility index (Phi) is 5.32. The molecule has 4 nitrogen and oxygen atoms in total. The predicted molar refractivity (Wildman–Crippen MR) is 101 cm³/mol. The van der Waals surface area contributed by atoms with Crippen molar-refractivity contribution in [1.29, 1.82) is 0 Å². The van der Waals surface area contributed by atoms with Crippen LogP contribution in [0.2, 0.25) is 10.0 Å². The molecule has 0 aliphatic rings. The van der Waals surface area contributed by atoms with E-state index in [-0.39, 0.29) is 14.6 Å². The van der Waals surface area contributed by atoms with Crippen LogP contribution in [0.3, 0.4) is 0 Å². The molecule has 3 aromatic carbocycles.